The topological polar surface area (TPSA) is 0 Å². The average Bonchev–Trinajstić information content (AvgIpc) is 2.53. The Hall–Kier alpha value is -1.56. The number of hydrogen-bond donors (Lipinski definition) is 0. The van der Waals surface area contributed by atoms with E-state index in [0.717, 1.165) is 0 Å². The van der Waals surface area contributed by atoms with Crippen LogP contribution < -0.4 is 0 Å². The molecule has 0 unspecified atom stereocenters. The van der Waals surface area contributed by atoms with E-state index in [-0.39, 0.29) is 0 Å². The molecule has 0 bridgehead atoms. The van der Waals surface area contributed by atoms with Crippen molar-refractivity contribution in [2.24, 2.45) is 0 Å². The Balaban J connectivity index is 1.54. The molecule has 20 heavy (non-hydrogen) atoms. The predicted molar refractivity (Wildman–Crippen MR) is 86.2 cm³/mol. The molecule has 0 nitrogen and oxygen atoms in total. The van der Waals surface area contributed by atoms with Crippen LogP contribution in [0.15, 0.2) is 48.5 Å². The first-order chi connectivity index (χ1) is 9.93. The molecule has 0 atom stereocenters. The monoisotopic (exact) mass is 264 g/mol. The van der Waals surface area contributed by atoms with Crippen molar-refractivity contribution >= 4 is 0 Å². The van der Waals surface area contributed by atoms with E-state index in [1.807, 2.05) is 0 Å². The highest BCUT2D eigenvalue weighted by Gasteiger charge is 2.12. The Bertz CT molecular complexity index is 539. The van der Waals surface area contributed by atoms with Gasteiger partial charge in [-0.3, -0.25) is 0 Å². The van der Waals surface area contributed by atoms with Crippen LogP contribution in [0.2, 0.25) is 0 Å². The number of rotatable bonds is 5. The van der Waals surface area contributed by atoms with Gasteiger partial charge in [0.2, 0.25) is 0 Å². The van der Waals surface area contributed by atoms with Crippen LogP contribution in [0.5, 0.6) is 0 Å². The number of fused-ring (bicyclic) bond motifs is 1. The second-order valence-electron chi connectivity index (χ2n) is 5.95. The Kier molecular flexibility index (Phi) is 4.53. The van der Waals surface area contributed by atoms with Crippen molar-refractivity contribution < 1.29 is 0 Å². The third-order valence-electron chi connectivity index (χ3n) is 4.50. The molecule has 1 aliphatic carbocycles. The lowest BCUT2D eigenvalue weighted by Gasteiger charge is -2.19. The molecule has 0 amide bonds. The Labute approximate surface area is 122 Å². The summed E-state index contributed by atoms with van der Waals surface area (Å²) >= 11 is 0. The van der Waals surface area contributed by atoms with Gasteiger partial charge in [0, 0.05) is 0 Å². The average molecular weight is 264 g/mol. The fourth-order valence-corrected chi connectivity index (χ4v) is 3.38. The van der Waals surface area contributed by atoms with Gasteiger partial charge >= 0.3 is 0 Å². The molecule has 0 heterocycles. The van der Waals surface area contributed by atoms with E-state index in [9.17, 15) is 0 Å². The molecule has 104 valence electrons. The van der Waals surface area contributed by atoms with Crippen molar-refractivity contribution in [2.75, 3.05) is 0 Å². The van der Waals surface area contributed by atoms with Crippen molar-refractivity contribution in [3.8, 4) is 0 Å². The highest BCUT2D eigenvalue weighted by atomic mass is 14.2. The second kappa shape index (κ2) is 6.74. The van der Waals surface area contributed by atoms with E-state index in [1.54, 1.807) is 16.7 Å². The quantitative estimate of drug-likeness (QED) is 0.657. The summed E-state index contributed by atoms with van der Waals surface area (Å²) in [4.78, 5) is 0. The number of benzene rings is 2. The molecule has 0 saturated heterocycles. The second-order valence-corrected chi connectivity index (χ2v) is 5.95. The zero-order chi connectivity index (χ0) is 13.6. The van der Waals surface area contributed by atoms with Gasteiger partial charge in [-0.05, 0) is 73.6 Å². The molecule has 2 aromatic carbocycles. The molecule has 0 heteroatoms. The largest absolute Gasteiger partial charge is 0.0622 e. The highest BCUT2D eigenvalue weighted by Crippen LogP contribution is 2.25. The predicted octanol–water partition coefficient (Wildman–Crippen LogP) is 5.13. The first-order valence-electron chi connectivity index (χ1n) is 8.07. The summed E-state index contributed by atoms with van der Waals surface area (Å²) in [7, 11) is 0. The SMILES string of the molecule is c1ccc(CCCCc2cccc3c2CCCC3)cc1. The van der Waals surface area contributed by atoms with Gasteiger partial charge in [-0.15, -0.1) is 0 Å². The van der Waals surface area contributed by atoms with Crippen LogP contribution in [0.1, 0.15) is 47.9 Å². The summed E-state index contributed by atoms with van der Waals surface area (Å²) in [6, 6.07) is 17.8. The molecule has 0 N–H and O–H groups in total. The molecule has 0 radical (unpaired) electrons. The van der Waals surface area contributed by atoms with E-state index in [4.69, 9.17) is 0 Å². The van der Waals surface area contributed by atoms with E-state index >= 15 is 0 Å². The van der Waals surface area contributed by atoms with E-state index in [2.05, 4.69) is 48.5 Å². The molecule has 3 rings (SSSR count). The maximum atomic E-state index is 2.35. The van der Waals surface area contributed by atoms with Crippen molar-refractivity contribution in [3.05, 3.63) is 70.8 Å². The summed E-state index contributed by atoms with van der Waals surface area (Å²) in [6.45, 7) is 0. The van der Waals surface area contributed by atoms with Crippen LogP contribution in [-0.4, -0.2) is 0 Å². The molecule has 0 aromatic heterocycles. The summed E-state index contributed by atoms with van der Waals surface area (Å²) in [5, 5.41) is 0. The molecule has 0 fully saturated rings. The fourth-order valence-electron chi connectivity index (χ4n) is 3.38. The van der Waals surface area contributed by atoms with Crippen LogP contribution in [0, 0.1) is 0 Å². The van der Waals surface area contributed by atoms with Gasteiger partial charge in [-0.2, -0.15) is 0 Å². The summed E-state index contributed by atoms with van der Waals surface area (Å²) in [5.41, 5.74) is 6.40. The van der Waals surface area contributed by atoms with E-state index in [0.29, 0.717) is 0 Å². The smallest absolute Gasteiger partial charge is 0.0273 e. The minimum atomic E-state index is 1.22. The lowest BCUT2D eigenvalue weighted by atomic mass is 9.86. The number of unbranched alkanes of at least 4 members (excludes halogenated alkanes) is 1. The highest BCUT2D eigenvalue weighted by molar-refractivity contribution is 5.37. The number of hydrogen-bond acceptors (Lipinski definition) is 0. The number of aryl methyl sites for hydroxylation is 3. The Morgan fingerprint density at radius 2 is 1.50 bits per heavy atom. The molecular formula is C20H24. The third kappa shape index (κ3) is 3.30. The molecule has 0 aliphatic heterocycles. The van der Waals surface area contributed by atoms with Crippen molar-refractivity contribution in [2.45, 2.75) is 51.4 Å². The summed E-state index contributed by atoms with van der Waals surface area (Å²) in [6.07, 6.45) is 10.5. The molecular weight excluding hydrogens is 240 g/mol. The van der Waals surface area contributed by atoms with E-state index < -0.39 is 0 Å². The first kappa shape index (κ1) is 13.4. The lowest BCUT2D eigenvalue weighted by Crippen LogP contribution is -2.06. The molecule has 0 spiro atoms. The van der Waals surface area contributed by atoms with Crippen molar-refractivity contribution in [1.29, 1.82) is 0 Å². The Morgan fingerprint density at radius 3 is 2.40 bits per heavy atom. The van der Waals surface area contributed by atoms with Gasteiger partial charge in [0.15, 0.2) is 0 Å². The minimum Gasteiger partial charge on any atom is -0.0622 e. The standard InChI is InChI=1S/C20H24/c1-2-9-17(10-3-1)11-4-5-12-18-14-8-15-19-13-6-7-16-20(18)19/h1-3,8-10,14-15H,4-7,11-13,16H2. The third-order valence-corrected chi connectivity index (χ3v) is 4.50. The van der Waals surface area contributed by atoms with Crippen LogP contribution in [0.4, 0.5) is 0 Å². The molecule has 0 saturated carbocycles. The van der Waals surface area contributed by atoms with Crippen molar-refractivity contribution in [1.82, 2.24) is 0 Å². The van der Waals surface area contributed by atoms with Crippen LogP contribution in [-0.2, 0) is 25.7 Å². The zero-order valence-electron chi connectivity index (χ0n) is 12.3. The van der Waals surface area contributed by atoms with Crippen LogP contribution >= 0.6 is 0 Å². The maximum Gasteiger partial charge on any atom is -0.0273 e. The normalized spacial score (nSPS) is 14.0. The first-order valence-corrected chi connectivity index (χ1v) is 8.07. The summed E-state index contributed by atoms with van der Waals surface area (Å²) < 4.78 is 0. The van der Waals surface area contributed by atoms with Crippen LogP contribution in [0.3, 0.4) is 0 Å². The lowest BCUT2D eigenvalue weighted by molar-refractivity contribution is 0.667. The zero-order valence-corrected chi connectivity index (χ0v) is 12.3. The van der Waals surface area contributed by atoms with Gasteiger partial charge in [0.1, 0.15) is 0 Å². The summed E-state index contributed by atoms with van der Waals surface area (Å²) in [5.74, 6) is 0. The van der Waals surface area contributed by atoms with Gasteiger partial charge < -0.3 is 0 Å². The maximum absolute atomic E-state index is 2.35. The van der Waals surface area contributed by atoms with Gasteiger partial charge in [-0.25, -0.2) is 0 Å². The molecule has 1 aliphatic rings. The van der Waals surface area contributed by atoms with Crippen molar-refractivity contribution in [3.63, 3.8) is 0 Å². The minimum absolute atomic E-state index is 1.22. The molecule has 2 aromatic rings. The van der Waals surface area contributed by atoms with Gasteiger partial charge in [-0.1, -0.05) is 48.5 Å². The van der Waals surface area contributed by atoms with Crippen LogP contribution in [0.25, 0.3) is 0 Å². The van der Waals surface area contributed by atoms with Gasteiger partial charge in [0.25, 0.3) is 0 Å². The van der Waals surface area contributed by atoms with Gasteiger partial charge in [0.05, 0.1) is 0 Å². The Morgan fingerprint density at radius 1 is 0.700 bits per heavy atom. The fraction of sp³-hybridized carbons (Fsp3) is 0.400. The van der Waals surface area contributed by atoms with E-state index in [1.165, 1.54) is 56.9 Å².